The Morgan fingerprint density at radius 1 is 0.905 bits per heavy atom. The van der Waals surface area contributed by atoms with Crippen LogP contribution in [0.4, 0.5) is 0 Å². The quantitative estimate of drug-likeness (QED) is 0.614. The van der Waals surface area contributed by atoms with E-state index >= 15 is 0 Å². The molecule has 3 nitrogen and oxygen atoms in total. The van der Waals surface area contributed by atoms with Crippen LogP contribution in [-0.4, -0.2) is 13.1 Å². The number of allylic oxidation sites excluding steroid dienone is 2. The van der Waals surface area contributed by atoms with Crippen LogP contribution in [-0.2, 0) is 4.79 Å². The Hall–Kier alpha value is -2.03. The monoisotopic (exact) mass is 286 g/mol. The summed E-state index contributed by atoms with van der Waals surface area (Å²) in [5.74, 6) is 1.03. The molecule has 0 spiro atoms. The maximum absolute atomic E-state index is 12.7. The van der Waals surface area contributed by atoms with Gasteiger partial charge in [-0.25, -0.2) is 0 Å². The Labute approximate surface area is 126 Å². The van der Waals surface area contributed by atoms with Crippen LogP contribution in [0.5, 0.6) is 11.5 Å². The number of esters is 1. The lowest BCUT2D eigenvalue weighted by Gasteiger charge is -2.26. The van der Waals surface area contributed by atoms with Gasteiger partial charge in [-0.2, -0.15) is 0 Å². The number of carbonyl (C=O) groups is 1. The first-order chi connectivity index (χ1) is 9.82. The molecule has 1 aliphatic carbocycles. The molecule has 1 aliphatic rings. The van der Waals surface area contributed by atoms with Crippen molar-refractivity contribution in [1.82, 2.24) is 0 Å². The van der Waals surface area contributed by atoms with E-state index in [4.69, 9.17) is 9.47 Å². The molecule has 0 saturated heterocycles. The molecule has 21 heavy (non-hydrogen) atoms. The van der Waals surface area contributed by atoms with Crippen molar-refractivity contribution in [3.8, 4) is 11.5 Å². The highest BCUT2D eigenvalue weighted by Crippen LogP contribution is 2.47. The number of rotatable bonds is 3. The SMILES string of the molecule is COc1ccc(OC(=O)C2(C)C(C)=C(C)C(C)=C2C)cc1. The molecule has 0 fully saturated rings. The molecule has 0 unspecified atom stereocenters. The van der Waals surface area contributed by atoms with E-state index in [1.807, 2.05) is 20.8 Å². The molecule has 0 aliphatic heterocycles. The number of carbonyl (C=O) groups excluding carboxylic acids is 1. The van der Waals surface area contributed by atoms with Gasteiger partial charge in [0.1, 0.15) is 16.9 Å². The minimum Gasteiger partial charge on any atom is -0.497 e. The molecule has 0 amide bonds. The molecular formula is C18H22O3. The minimum absolute atomic E-state index is 0.237. The highest BCUT2D eigenvalue weighted by Gasteiger charge is 2.44. The summed E-state index contributed by atoms with van der Waals surface area (Å²) in [5.41, 5.74) is 3.82. The number of methoxy groups -OCH3 is 1. The van der Waals surface area contributed by atoms with Crippen molar-refractivity contribution in [3.63, 3.8) is 0 Å². The summed E-state index contributed by atoms with van der Waals surface area (Å²) in [6, 6.07) is 7.04. The van der Waals surface area contributed by atoms with Gasteiger partial charge >= 0.3 is 5.97 Å². The Kier molecular flexibility index (Phi) is 3.95. The van der Waals surface area contributed by atoms with E-state index in [9.17, 15) is 4.79 Å². The van der Waals surface area contributed by atoms with Gasteiger partial charge in [0.05, 0.1) is 7.11 Å². The fraction of sp³-hybridized carbons (Fsp3) is 0.389. The Bertz CT molecular complexity index is 609. The standard InChI is InChI=1S/C18H22O3/c1-11-12(2)14(4)18(5,13(11)3)17(19)21-16-9-7-15(20-6)8-10-16/h7-10H,1-6H3. The van der Waals surface area contributed by atoms with Crippen molar-refractivity contribution in [3.05, 3.63) is 46.6 Å². The first-order valence-corrected chi connectivity index (χ1v) is 7.05. The van der Waals surface area contributed by atoms with Crippen LogP contribution >= 0.6 is 0 Å². The van der Waals surface area contributed by atoms with Crippen molar-refractivity contribution in [2.45, 2.75) is 34.6 Å². The number of hydrogen-bond acceptors (Lipinski definition) is 3. The van der Waals surface area contributed by atoms with Gasteiger partial charge in [-0.15, -0.1) is 0 Å². The lowest BCUT2D eigenvalue weighted by atomic mass is 9.79. The molecule has 112 valence electrons. The first kappa shape index (κ1) is 15.4. The lowest BCUT2D eigenvalue weighted by Crippen LogP contribution is -2.33. The van der Waals surface area contributed by atoms with E-state index < -0.39 is 5.41 Å². The predicted octanol–water partition coefficient (Wildman–Crippen LogP) is 4.29. The molecule has 3 heteroatoms. The molecule has 0 bridgehead atoms. The number of ether oxygens (including phenoxy) is 2. The Morgan fingerprint density at radius 3 is 1.76 bits per heavy atom. The fourth-order valence-corrected chi connectivity index (χ4v) is 2.75. The third-order valence-electron chi connectivity index (χ3n) is 4.87. The van der Waals surface area contributed by atoms with Crippen LogP contribution < -0.4 is 9.47 Å². The zero-order valence-corrected chi connectivity index (χ0v) is 13.5. The molecule has 0 saturated carbocycles. The smallest absolute Gasteiger partial charge is 0.325 e. The van der Waals surface area contributed by atoms with Crippen molar-refractivity contribution in [2.24, 2.45) is 5.41 Å². The summed E-state index contributed by atoms with van der Waals surface area (Å²) < 4.78 is 10.7. The minimum atomic E-state index is -0.673. The lowest BCUT2D eigenvalue weighted by molar-refractivity contribution is -0.140. The molecule has 0 heterocycles. The van der Waals surface area contributed by atoms with E-state index in [2.05, 4.69) is 13.8 Å². The normalized spacial score (nSPS) is 17.2. The van der Waals surface area contributed by atoms with E-state index in [-0.39, 0.29) is 5.97 Å². The van der Waals surface area contributed by atoms with Crippen LogP contribution in [0, 0.1) is 5.41 Å². The Balaban J connectivity index is 2.28. The maximum Gasteiger partial charge on any atom is 0.325 e. The van der Waals surface area contributed by atoms with Crippen molar-refractivity contribution in [2.75, 3.05) is 7.11 Å². The summed E-state index contributed by atoms with van der Waals surface area (Å²) >= 11 is 0. The van der Waals surface area contributed by atoms with E-state index in [1.54, 1.807) is 31.4 Å². The van der Waals surface area contributed by atoms with Gasteiger partial charge in [0.25, 0.3) is 0 Å². The highest BCUT2D eigenvalue weighted by atomic mass is 16.5. The third-order valence-corrected chi connectivity index (χ3v) is 4.87. The maximum atomic E-state index is 12.7. The molecule has 0 atom stereocenters. The second-order valence-electron chi connectivity index (χ2n) is 5.69. The van der Waals surface area contributed by atoms with Gasteiger partial charge in [-0.1, -0.05) is 0 Å². The van der Waals surface area contributed by atoms with Crippen LogP contribution in [0.2, 0.25) is 0 Å². The highest BCUT2D eigenvalue weighted by molar-refractivity contribution is 5.88. The average Bonchev–Trinajstić information content (AvgIpc) is 2.64. The fourth-order valence-electron chi connectivity index (χ4n) is 2.75. The van der Waals surface area contributed by atoms with Gasteiger partial charge in [0.2, 0.25) is 0 Å². The topological polar surface area (TPSA) is 35.5 Å². The third kappa shape index (κ3) is 2.37. The van der Waals surface area contributed by atoms with E-state index in [0.717, 1.165) is 16.9 Å². The summed E-state index contributed by atoms with van der Waals surface area (Å²) in [6.45, 7) is 10.1. The van der Waals surface area contributed by atoms with Crippen LogP contribution in [0.1, 0.15) is 34.6 Å². The molecule has 0 N–H and O–H groups in total. The van der Waals surface area contributed by atoms with Gasteiger partial charge in [-0.3, -0.25) is 4.79 Å². The van der Waals surface area contributed by atoms with Crippen molar-refractivity contribution >= 4 is 5.97 Å². The predicted molar refractivity (Wildman–Crippen MR) is 83.5 cm³/mol. The Morgan fingerprint density at radius 2 is 1.33 bits per heavy atom. The molecule has 0 aromatic heterocycles. The number of benzene rings is 1. The van der Waals surface area contributed by atoms with Crippen LogP contribution in [0.3, 0.4) is 0 Å². The zero-order chi connectivity index (χ0) is 15.8. The molecule has 1 aromatic rings. The number of hydrogen-bond donors (Lipinski definition) is 0. The van der Waals surface area contributed by atoms with Gasteiger partial charge < -0.3 is 9.47 Å². The molecular weight excluding hydrogens is 264 g/mol. The zero-order valence-electron chi connectivity index (χ0n) is 13.5. The van der Waals surface area contributed by atoms with Gasteiger partial charge in [0.15, 0.2) is 0 Å². The summed E-state index contributed by atoms with van der Waals surface area (Å²) in [5, 5.41) is 0. The molecule has 1 aromatic carbocycles. The first-order valence-electron chi connectivity index (χ1n) is 7.05. The second-order valence-corrected chi connectivity index (χ2v) is 5.69. The second kappa shape index (κ2) is 5.40. The molecule has 0 radical (unpaired) electrons. The van der Waals surface area contributed by atoms with Gasteiger partial charge in [-0.05, 0) is 81.2 Å². The summed E-state index contributed by atoms with van der Waals surface area (Å²) in [7, 11) is 1.61. The molecule has 2 rings (SSSR count). The van der Waals surface area contributed by atoms with Crippen LogP contribution in [0.15, 0.2) is 46.6 Å². The van der Waals surface area contributed by atoms with Gasteiger partial charge in [0, 0.05) is 0 Å². The summed E-state index contributed by atoms with van der Waals surface area (Å²) in [6.07, 6.45) is 0. The van der Waals surface area contributed by atoms with Crippen LogP contribution in [0.25, 0.3) is 0 Å². The summed E-state index contributed by atoms with van der Waals surface area (Å²) in [4.78, 5) is 12.7. The van der Waals surface area contributed by atoms with E-state index in [0.29, 0.717) is 5.75 Å². The van der Waals surface area contributed by atoms with Crippen molar-refractivity contribution in [1.29, 1.82) is 0 Å². The largest absolute Gasteiger partial charge is 0.497 e. The average molecular weight is 286 g/mol. The van der Waals surface area contributed by atoms with Crippen molar-refractivity contribution < 1.29 is 14.3 Å². The van der Waals surface area contributed by atoms with E-state index in [1.165, 1.54) is 11.1 Å².